The summed E-state index contributed by atoms with van der Waals surface area (Å²) in [6.07, 6.45) is 11.4. The second-order valence-electron chi connectivity index (χ2n) is 11.1. The molecular formula is C27H41N7O2S. The normalized spacial score (nSPS) is 36.1. The smallest absolute Gasteiger partial charge is 0.238 e. The summed E-state index contributed by atoms with van der Waals surface area (Å²) in [7, 11) is 0. The van der Waals surface area contributed by atoms with Crippen LogP contribution in [0.1, 0.15) is 47.0 Å². The van der Waals surface area contributed by atoms with Gasteiger partial charge in [0.1, 0.15) is 16.9 Å². The van der Waals surface area contributed by atoms with E-state index in [1.165, 1.54) is 11.8 Å². The van der Waals surface area contributed by atoms with E-state index in [2.05, 4.69) is 51.4 Å². The zero-order valence-electron chi connectivity index (χ0n) is 22.1. The topological polar surface area (TPSA) is 148 Å². The van der Waals surface area contributed by atoms with Crippen LogP contribution in [0.15, 0.2) is 40.7 Å². The standard InChI is InChI=1S/C27H41N7O2S/c1-5-30-20-13-31-26-22(34-20)21(29)23(37-26)25(36)33-19-12-18(10-9-15(19)2)32-24(35)16-7-6-8-17(11-16)27(3,4)14-28/h6-7,10,12-13,15-17,20-24,26,30,32,34-35H,5,8-9,11,29H2,1-4H3,(H,33,36)/t15-,16-,17+,20?,21?,22+,23+,24?,26?/m0/s1. The van der Waals surface area contributed by atoms with Crippen molar-refractivity contribution >= 4 is 23.9 Å². The highest BCUT2D eigenvalue weighted by Crippen LogP contribution is 2.39. The number of thioether (sulfide) groups is 1. The number of amides is 1. The Hall–Kier alpha value is -2.16. The van der Waals surface area contributed by atoms with Gasteiger partial charge >= 0.3 is 0 Å². The van der Waals surface area contributed by atoms with E-state index in [0.717, 1.165) is 37.2 Å². The van der Waals surface area contributed by atoms with Crippen molar-refractivity contribution in [3.8, 4) is 6.07 Å². The van der Waals surface area contributed by atoms with E-state index in [1.807, 2.05) is 39.1 Å². The van der Waals surface area contributed by atoms with Crippen LogP contribution in [0.3, 0.4) is 0 Å². The molecule has 0 bridgehead atoms. The Kier molecular flexibility index (Phi) is 8.81. The molecule has 0 aromatic heterocycles. The maximum atomic E-state index is 13.3. The van der Waals surface area contributed by atoms with Crippen LogP contribution in [0.4, 0.5) is 0 Å². The third-order valence-electron chi connectivity index (χ3n) is 7.98. The number of nitrogens with one attached hydrogen (secondary N) is 4. The van der Waals surface area contributed by atoms with Gasteiger partial charge in [0.15, 0.2) is 0 Å². The number of allylic oxidation sites excluding steroid dienone is 4. The molecule has 0 radical (unpaired) electrons. The number of carbonyl (C=O) groups excluding carboxylic acids is 1. The molecular weight excluding hydrogens is 486 g/mol. The molecule has 1 saturated heterocycles. The van der Waals surface area contributed by atoms with Crippen molar-refractivity contribution in [1.82, 2.24) is 21.3 Å². The minimum absolute atomic E-state index is 0.0359. The maximum absolute atomic E-state index is 13.3. The molecule has 1 fully saturated rings. The molecule has 4 rings (SSSR count). The number of hydrogen-bond donors (Lipinski definition) is 6. The number of hydrogen-bond acceptors (Lipinski definition) is 9. The third-order valence-corrected chi connectivity index (χ3v) is 9.50. The lowest BCUT2D eigenvalue weighted by atomic mass is 9.71. The van der Waals surface area contributed by atoms with E-state index in [9.17, 15) is 15.2 Å². The number of aliphatic imine (C=N–C) groups is 1. The van der Waals surface area contributed by atoms with Crippen LogP contribution >= 0.6 is 11.8 Å². The van der Waals surface area contributed by atoms with E-state index < -0.39 is 16.9 Å². The van der Waals surface area contributed by atoms with Crippen molar-refractivity contribution in [1.29, 1.82) is 5.26 Å². The van der Waals surface area contributed by atoms with Crippen LogP contribution in [-0.2, 0) is 4.79 Å². The van der Waals surface area contributed by atoms with Crippen molar-refractivity contribution in [3.05, 3.63) is 35.7 Å². The highest BCUT2D eigenvalue weighted by molar-refractivity contribution is 8.01. The summed E-state index contributed by atoms with van der Waals surface area (Å²) >= 11 is 1.50. The van der Waals surface area contributed by atoms with Crippen LogP contribution in [0, 0.1) is 34.5 Å². The summed E-state index contributed by atoms with van der Waals surface area (Å²) < 4.78 is 0. The predicted molar refractivity (Wildman–Crippen MR) is 148 cm³/mol. The molecule has 37 heavy (non-hydrogen) atoms. The van der Waals surface area contributed by atoms with Gasteiger partial charge < -0.3 is 21.5 Å². The van der Waals surface area contributed by atoms with Crippen molar-refractivity contribution in [3.63, 3.8) is 0 Å². The molecule has 2 aliphatic carbocycles. The van der Waals surface area contributed by atoms with Gasteiger partial charge in [-0.25, -0.2) is 0 Å². The molecule has 2 heterocycles. The average molecular weight is 528 g/mol. The number of aliphatic hydroxyl groups is 1. The van der Waals surface area contributed by atoms with Crippen molar-refractivity contribution in [2.24, 2.45) is 33.9 Å². The number of nitriles is 1. The van der Waals surface area contributed by atoms with E-state index in [-0.39, 0.29) is 47.3 Å². The fourth-order valence-corrected chi connectivity index (χ4v) is 6.80. The van der Waals surface area contributed by atoms with Crippen LogP contribution in [0.5, 0.6) is 0 Å². The lowest BCUT2D eigenvalue weighted by Crippen LogP contribution is -2.60. The first kappa shape index (κ1) is 27.9. The van der Waals surface area contributed by atoms with Gasteiger partial charge in [0.25, 0.3) is 0 Å². The zero-order chi connectivity index (χ0) is 26.7. The van der Waals surface area contributed by atoms with Gasteiger partial charge in [-0.2, -0.15) is 5.26 Å². The third kappa shape index (κ3) is 6.29. The number of nitrogens with two attached hydrogens (primary N) is 1. The number of carbonyl (C=O) groups is 1. The summed E-state index contributed by atoms with van der Waals surface area (Å²) in [6, 6.07) is 1.98. The number of aliphatic hydroxyl groups excluding tert-OH is 1. The number of fused-ring (bicyclic) bond motifs is 1. The van der Waals surface area contributed by atoms with Gasteiger partial charge in [-0.05, 0) is 57.6 Å². The SMILES string of the molecule is CCNC1C=NC2S[C@@H](C(=O)NC3=CC(NC(O)[C@H]4C=CC[C@@H](C(C)(C)C#N)C4)=CC[C@@H]3C)C(N)[C@H]2N1. The van der Waals surface area contributed by atoms with Gasteiger partial charge in [-0.15, -0.1) is 11.8 Å². The average Bonchev–Trinajstić information content (AvgIpc) is 3.22. The molecule has 0 spiro atoms. The molecule has 202 valence electrons. The zero-order valence-corrected chi connectivity index (χ0v) is 23.0. The molecule has 1 amide bonds. The second-order valence-corrected chi connectivity index (χ2v) is 12.4. The van der Waals surface area contributed by atoms with Crippen LogP contribution in [0.2, 0.25) is 0 Å². The van der Waals surface area contributed by atoms with E-state index in [1.54, 1.807) is 0 Å². The van der Waals surface area contributed by atoms with Crippen molar-refractivity contribution < 1.29 is 9.90 Å². The molecule has 9 atom stereocenters. The predicted octanol–water partition coefficient (Wildman–Crippen LogP) is 1.70. The quantitative estimate of drug-likeness (QED) is 0.206. The second kappa shape index (κ2) is 11.7. The first-order chi connectivity index (χ1) is 17.6. The Morgan fingerprint density at radius 2 is 2.22 bits per heavy atom. The van der Waals surface area contributed by atoms with E-state index >= 15 is 0 Å². The molecule has 4 aliphatic rings. The van der Waals surface area contributed by atoms with Gasteiger partial charge in [-0.3, -0.25) is 20.4 Å². The highest BCUT2D eigenvalue weighted by atomic mass is 32.2. The monoisotopic (exact) mass is 527 g/mol. The molecule has 9 nitrogen and oxygen atoms in total. The Morgan fingerprint density at radius 1 is 1.43 bits per heavy atom. The Bertz CT molecular complexity index is 1020. The molecule has 4 unspecified atom stereocenters. The number of nitrogens with zero attached hydrogens (tertiary/aromatic N) is 2. The lowest BCUT2D eigenvalue weighted by molar-refractivity contribution is -0.120. The van der Waals surface area contributed by atoms with E-state index in [0.29, 0.717) is 0 Å². The molecule has 10 heteroatoms. The maximum Gasteiger partial charge on any atom is 0.238 e. The first-order valence-corrected chi connectivity index (χ1v) is 14.3. The van der Waals surface area contributed by atoms with Crippen LogP contribution in [-0.4, -0.2) is 58.9 Å². The minimum Gasteiger partial charge on any atom is -0.373 e. The molecule has 2 aliphatic heterocycles. The molecule has 7 N–H and O–H groups in total. The van der Waals surface area contributed by atoms with Gasteiger partial charge in [0.2, 0.25) is 5.91 Å². The van der Waals surface area contributed by atoms with Crippen molar-refractivity contribution in [2.75, 3.05) is 6.54 Å². The first-order valence-electron chi connectivity index (χ1n) is 13.3. The summed E-state index contributed by atoms with van der Waals surface area (Å²) in [6.45, 7) is 8.84. The summed E-state index contributed by atoms with van der Waals surface area (Å²) in [5, 5.41) is 33.1. The summed E-state index contributed by atoms with van der Waals surface area (Å²) in [4.78, 5) is 17.9. The fraction of sp³-hybridized carbons (Fsp3) is 0.667. The fourth-order valence-electron chi connectivity index (χ4n) is 5.40. The van der Waals surface area contributed by atoms with Crippen molar-refractivity contribution in [2.45, 2.75) is 82.1 Å². The largest absolute Gasteiger partial charge is 0.373 e. The van der Waals surface area contributed by atoms with Gasteiger partial charge in [0, 0.05) is 29.6 Å². The Labute approximate surface area is 224 Å². The minimum atomic E-state index is -0.781. The molecule has 0 aromatic carbocycles. The Balaban J connectivity index is 1.36. The lowest BCUT2D eigenvalue weighted by Gasteiger charge is -2.35. The van der Waals surface area contributed by atoms with Gasteiger partial charge in [-0.1, -0.05) is 32.1 Å². The van der Waals surface area contributed by atoms with Crippen LogP contribution < -0.4 is 27.0 Å². The summed E-state index contributed by atoms with van der Waals surface area (Å²) in [5.74, 6) is 0.133. The van der Waals surface area contributed by atoms with Crippen LogP contribution in [0.25, 0.3) is 0 Å². The van der Waals surface area contributed by atoms with Gasteiger partial charge in [0.05, 0.1) is 23.7 Å². The highest BCUT2D eigenvalue weighted by Gasteiger charge is 2.47. The Morgan fingerprint density at radius 3 is 2.95 bits per heavy atom. The number of rotatable bonds is 8. The molecule has 0 aromatic rings. The summed E-state index contributed by atoms with van der Waals surface area (Å²) in [5.41, 5.74) is 7.67. The van der Waals surface area contributed by atoms with E-state index in [4.69, 9.17) is 5.73 Å². The molecule has 0 saturated carbocycles.